The van der Waals surface area contributed by atoms with Gasteiger partial charge in [-0.2, -0.15) is 0 Å². The Kier molecular flexibility index (Phi) is 13.9. The van der Waals surface area contributed by atoms with Gasteiger partial charge in [-0.25, -0.2) is 4.98 Å². The summed E-state index contributed by atoms with van der Waals surface area (Å²) >= 11 is 0. The van der Waals surface area contributed by atoms with Crippen LogP contribution < -0.4 is 5.32 Å². The number of nitrogens with one attached hydrogen (secondary N) is 1. The minimum absolute atomic E-state index is 0.0508. The smallest absolute Gasteiger partial charge is 0.228 e. The highest BCUT2D eigenvalue weighted by Gasteiger charge is 2.29. The summed E-state index contributed by atoms with van der Waals surface area (Å²) < 4.78 is 0. The van der Waals surface area contributed by atoms with E-state index in [9.17, 15) is 9.90 Å². The van der Waals surface area contributed by atoms with Crippen molar-refractivity contribution in [3.8, 4) is 0 Å². The van der Waals surface area contributed by atoms with Gasteiger partial charge in [0.1, 0.15) is 5.82 Å². The Morgan fingerprint density at radius 2 is 1.72 bits per heavy atom. The molecule has 1 saturated carbocycles. The summed E-state index contributed by atoms with van der Waals surface area (Å²) in [6.45, 7) is 14.4. The SMILES string of the molecule is CC.CO.C\C=C(/C(C)=C\C(=C(/C)CC)C(O)CCC)c1cc2cnc(NC(=O)C3CC3)cc2cn1. The van der Waals surface area contributed by atoms with E-state index in [2.05, 4.69) is 50.1 Å². The maximum Gasteiger partial charge on any atom is 0.228 e. The van der Waals surface area contributed by atoms with E-state index in [0.29, 0.717) is 5.82 Å². The van der Waals surface area contributed by atoms with Crippen LogP contribution in [0, 0.1) is 5.92 Å². The molecular formula is C30H45N3O3. The van der Waals surface area contributed by atoms with Crippen molar-refractivity contribution in [2.24, 2.45) is 5.92 Å². The Bertz CT molecular complexity index is 1080. The first kappa shape index (κ1) is 31.2. The van der Waals surface area contributed by atoms with E-state index in [1.54, 1.807) is 6.20 Å². The summed E-state index contributed by atoms with van der Waals surface area (Å²) in [5, 5.41) is 22.5. The summed E-state index contributed by atoms with van der Waals surface area (Å²) in [5.74, 6) is 0.766. The number of aliphatic hydroxyl groups is 2. The van der Waals surface area contributed by atoms with E-state index < -0.39 is 6.10 Å². The second kappa shape index (κ2) is 16.0. The lowest BCUT2D eigenvalue weighted by atomic mass is 9.93. The largest absolute Gasteiger partial charge is 0.400 e. The third-order valence-electron chi connectivity index (χ3n) is 6.11. The number of allylic oxidation sites excluding steroid dienone is 4. The molecule has 0 spiro atoms. The molecule has 198 valence electrons. The van der Waals surface area contributed by atoms with E-state index in [0.717, 1.165) is 72.4 Å². The van der Waals surface area contributed by atoms with Gasteiger partial charge in [-0.05, 0) is 75.3 Å². The van der Waals surface area contributed by atoms with E-state index in [1.807, 2.05) is 39.1 Å². The molecule has 2 aromatic rings. The first-order valence-corrected chi connectivity index (χ1v) is 13.1. The predicted molar refractivity (Wildman–Crippen MR) is 152 cm³/mol. The molecule has 1 amide bonds. The van der Waals surface area contributed by atoms with Gasteiger partial charge in [0.15, 0.2) is 0 Å². The number of hydrogen-bond donors (Lipinski definition) is 3. The lowest BCUT2D eigenvalue weighted by molar-refractivity contribution is -0.117. The Morgan fingerprint density at radius 3 is 2.28 bits per heavy atom. The van der Waals surface area contributed by atoms with Crippen molar-refractivity contribution >= 4 is 28.1 Å². The maximum atomic E-state index is 12.0. The van der Waals surface area contributed by atoms with Crippen molar-refractivity contribution in [3.63, 3.8) is 0 Å². The van der Waals surface area contributed by atoms with Gasteiger partial charge in [-0.15, -0.1) is 0 Å². The zero-order chi connectivity index (χ0) is 27.3. The van der Waals surface area contributed by atoms with Crippen molar-refractivity contribution in [1.29, 1.82) is 0 Å². The molecule has 2 aromatic heterocycles. The summed E-state index contributed by atoms with van der Waals surface area (Å²) in [6, 6.07) is 3.90. The van der Waals surface area contributed by atoms with E-state index in [4.69, 9.17) is 10.1 Å². The molecule has 1 aliphatic rings. The Hall–Kier alpha value is -2.83. The van der Waals surface area contributed by atoms with Crippen LogP contribution >= 0.6 is 0 Å². The zero-order valence-electron chi connectivity index (χ0n) is 23.4. The standard InChI is InChI=1S/C27H35N3O2.C2H6.CH4O/c1-6-9-25(31)23(17(4)7-2)12-18(5)22(8-3)24-13-20-16-29-26(14-21(20)15-28-24)30-27(32)19-10-11-19;2*1-2/h8,12-16,19,25,31H,6-7,9-11H2,1-5H3,(H,29,30,32);1-2H3;2H,1H3/b18-12-,22-8+,23-17-;;. The van der Waals surface area contributed by atoms with Crippen molar-refractivity contribution in [1.82, 2.24) is 9.97 Å². The van der Waals surface area contributed by atoms with Gasteiger partial charge >= 0.3 is 0 Å². The van der Waals surface area contributed by atoms with Gasteiger partial charge in [0.25, 0.3) is 0 Å². The fourth-order valence-electron chi connectivity index (χ4n) is 3.85. The number of nitrogens with zero attached hydrogens (tertiary/aromatic N) is 2. The fraction of sp³-hybridized carbons (Fsp3) is 0.500. The van der Waals surface area contributed by atoms with Crippen LogP contribution in [0.2, 0.25) is 0 Å². The summed E-state index contributed by atoms with van der Waals surface area (Å²) in [4.78, 5) is 21.1. The average molecular weight is 496 g/mol. The highest BCUT2D eigenvalue weighted by Crippen LogP contribution is 2.31. The molecule has 0 aromatic carbocycles. The molecule has 36 heavy (non-hydrogen) atoms. The molecule has 1 unspecified atom stereocenters. The molecule has 3 N–H and O–H groups in total. The quantitative estimate of drug-likeness (QED) is 0.331. The number of carbonyl (C=O) groups is 1. The van der Waals surface area contributed by atoms with Crippen LogP contribution in [0.15, 0.2) is 53.4 Å². The topological polar surface area (TPSA) is 95.3 Å². The van der Waals surface area contributed by atoms with E-state index in [1.165, 1.54) is 5.57 Å². The van der Waals surface area contributed by atoms with Crippen LogP contribution in [0.4, 0.5) is 5.82 Å². The van der Waals surface area contributed by atoms with Gasteiger partial charge in [-0.1, -0.05) is 51.8 Å². The van der Waals surface area contributed by atoms with Gasteiger partial charge in [-0.3, -0.25) is 9.78 Å². The van der Waals surface area contributed by atoms with Crippen LogP contribution in [0.5, 0.6) is 0 Å². The number of pyridine rings is 2. The molecule has 3 rings (SSSR count). The van der Waals surface area contributed by atoms with Gasteiger partial charge in [0.2, 0.25) is 5.91 Å². The van der Waals surface area contributed by atoms with Crippen molar-refractivity contribution in [3.05, 3.63) is 59.1 Å². The molecule has 6 nitrogen and oxygen atoms in total. The first-order valence-electron chi connectivity index (χ1n) is 13.1. The van der Waals surface area contributed by atoms with Gasteiger partial charge in [0, 0.05) is 36.2 Å². The minimum Gasteiger partial charge on any atom is -0.400 e. The van der Waals surface area contributed by atoms with Crippen LogP contribution in [0.3, 0.4) is 0 Å². The van der Waals surface area contributed by atoms with E-state index >= 15 is 0 Å². The number of rotatable bonds is 9. The fourth-order valence-corrected chi connectivity index (χ4v) is 3.85. The number of carbonyl (C=O) groups excluding carboxylic acids is 1. The lowest BCUT2D eigenvalue weighted by Crippen LogP contribution is -2.14. The van der Waals surface area contributed by atoms with Crippen molar-refractivity contribution < 1.29 is 15.0 Å². The monoisotopic (exact) mass is 495 g/mol. The predicted octanol–water partition coefficient (Wildman–Crippen LogP) is 6.85. The highest BCUT2D eigenvalue weighted by molar-refractivity contribution is 5.95. The second-order valence-electron chi connectivity index (χ2n) is 8.67. The van der Waals surface area contributed by atoms with Crippen LogP contribution in [0.1, 0.15) is 86.3 Å². The molecule has 1 atom stereocenters. The second-order valence-corrected chi connectivity index (χ2v) is 8.67. The Labute approximate surface area is 217 Å². The molecule has 0 aliphatic heterocycles. The molecule has 0 radical (unpaired) electrons. The molecule has 1 fully saturated rings. The molecule has 1 aliphatic carbocycles. The van der Waals surface area contributed by atoms with Gasteiger partial charge in [0.05, 0.1) is 11.8 Å². The molecule has 0 saturated heterocycles. The Morgan fingerprint density at radius 1 is 1.11 bits per heavy atom. The number of aromatic nitrogens is 2. The third kappa shape index (κ3) is 8.68. The first-order chi connectivity index (χ1) is 17.4. The van der Waals surface area contributed by atoms with Crippen LogP contribution in [-0.2, 0) is 4.79 Å². The molecule has 2 heterocycles. The average Bonchev–Trinajstić information content (AvgIpc) is 3.75. The summed E-state index contributed by atoms with van der Waals surface area (Å²) in [5.41, 5.74) is 5.17. The Balaban J connectivity index is 0.00000154. The van der Waals surface area contributed by atoms with Gasteiger partial charge < -0.3 is 15.5 Å². The van der Waals surface area contributed by atoms with E-state index in [-0.39, 0.29) is 11.8 Å². The minimum atomic E-state index is -0.453. The summed E-state index contributed by atoms with van der Waals surface area (Å²) in [7, 11) is 1.00. The lowest BCUT2D eigenvalue weighted by Gasteiger charge is -2.17. The number of hydrogen-bond acceptors (Lipinski definition) is 5. The summed E-state index contributed by atoms with van der Waals surface area (Å²) in [6.07, 6.45) is 11.9. The third-order valence-corrected chi connectivity index (χ3v) is 6.11. The van der Waals surface area contributed by atoms with Crippen LogP contribution in [-0.4, -0.2) is 39.3 Å². The maximum absolute atomic E-state index is 12.0. The van der Waals surface area contributed by atoms with Crippen molar-refractivity contribution in [2.75, 3.05) is 12.4 Å². The van der Waals surface area contributed by atoms with Crippen molar-refractivity contribution in [2.45, 2.75) is 86.7 Å². The number of aliphatic hydroxyl groups excluding tert-OH is 2. The number of fused-ring (bicyclic) bond motifs is 1. The highest BCUT2D eigenvalue weighted by atomic mass is 16.3. The zero-order valence-corrected chi connectivity index (χ0v) is 23.4. The molecular weight excluding hydrogens is 450 g/mol. The number of anilines is 1. The number of amides is 1. The molecule has 0 bridgehead atoms. The molecule has 6 heteroatoms. The normalized spacial score (nSPS) is 15.2. The van der Waals surface area contributed by atoms with Crippen LogP contribution in [0.25, 0.3) is 16.3 Å².